The molecule has 0 saturated heterocycles. The maximum atomic E-state index is 11.2. The Morgan fingerprint density at radius 3 is 2.56 bits per heavy atom. The van der Waals surface area contributed by atoms with Crippen LogP contribution in [0.25, 0.3) is 0 Å². The molecule has 94 valence electrons. The van der Waals surface area contributed by atoms with E-state index in [1.807, 2.05) is 0 Å². The molecular weight excluding hydrogens is 234 g/mol. The SMILES string of the molecule is C=CCOC(=O)[C@@H](O)CN(CC)S(C)(=O)=O. The Morgan fingerprint density at radius 2 is 2.19 bits per heavy atom. The van der Waals surface area contributed by atoms with Crippen LogP contribution in [-0.2, 0) is 19.6 Å². The number of carbonyl (C=O) groups is 1. The van der Waals surface area contributed by atoms with Gasteiger partial charge in [-0.3, -0.25) is 0 Å². The lowest BCUT2D eigenvalue weighted by Gasteiger charge is -2.20. The van der Waals surface area contributed by atoms with Crippen LogP contribution in [0.15, 0.2) is 12.7 Å². The zero-order valence-corrected chi connectivity index (χ0v) is 10.2. The first-order valence-corrected chi connectivity index (χ1v) is 6.58. The highest BCUT2D eigenvalue weighted by molar-refractivity contribution is 7.88. The molecule has 0 saturated carbocycles. The predicted molar refractivity (Wildman–Crippen MR) is 59.3 cm³/mol. The van der Waals surface area contributed by atoms with E-state index in [0.717, 1.165) is 10.6 Å². The molecule has 6 nitrogen and oxygen atoms in total. The third-order valence-electron chi connectivity index (χ3n) is 1.81. The fourth-order valence-corrected chi connectivity index (χ4v) is 1.88. The number of rotatable bonds is 7. The Morgan fingerprint density at radius 1 is 1.62 bits per heavy atom. The summed E-state index contributed by atoms with van der Waals surface area (Å²) in [4.78, 5) is 11.1. The highest BCUT2D eigenvalue weighted by atomic mass is 32.2. The van der Waals surface area contributed by atoms with Crippen molar-refractivity contribution in [2.45, 2.75) is 13.0 Å². The van der Waals surface area contributed by atoms with Crippen molar-refractivity contribution < 1.29 is 23.1 Å². The molecule has 0 radical (unpaired) electrons. The lowest BCUT2D eigenvalue weighted by atomic mass is 10.3. The topological polar surface area (TPSA) is 83.9 Å². The Bertz CT molecular complexity index is 338. The summed E-state index contributed by atoms with van der Waals surface area (Å²) in [6.45, 7) is 4.83. The van der Waals surface area contributed by atoms with Crippen molar-refractivity contribution in [1.29, 1.82) is 0 Å². The largest absolute Gasteiger partial charge is 0.460 e. The van der Waals surface area contributed by atoms with E-state index < -0.39 is 22.1 Å². The minimum atomic E-state index is -3.42. The number of hydrogen-bond donors (Lipinski definition) is 1. The number of aliphatic hydroxyl groups excluding tert-OH is 1. The maximum absolute atomic E-state index is 11.2. The Hall–Kier alpha value is -0.920. The van der Waals surface area contributed by atoms with Gasteiger partial charge in [-0.25, -0.2) is 13.2 Å². The van der Waals surface area contributed by atoms with Crippen molar-refractivity contribution in [3.05, 3.63) is 12.7 Å². The quantitative estimate of drug-likeness (QED) is 0.480. The van der Waals surface area contributed by atoms with Gasteiger partial charge in [0, 0.05) is 6.54 Å². The highest BCUT2D eigenvalue weighted by Crippen LogP contribution is 2.01. The second kappa shape index (κ2) is 6.62. The molecule has 0 aliphatic carbocycles. The minimum Gasteiger partial charge on any atom is -0.460 e. The first-order valence-electron chi connectivity index (χ1n) is 4.73. The van der Waals surface area contributed by atoms with Crippen molar-refractivity contribution in [2.24, 2.45) is 0 Å². The molecule has 0 unspecified atom stereocenters. The number of carbonyl (C=O) groups excluding carboxylic acids is 1. The lowest BCUT2D eigenvalue weighted by Crippen LogP contribution is -2.40. The number of likely N-dealkylation sites (N-methyl/N-ethyl adjacent to an activating group) is 1. The molecule has 0 heterocycles. The van der Waals surface area contributed by atoms with Gasteiger partial charge < -0.3 is 9.84 Å². The summed E-state index contributed by atoms with van der Waals surface area (Å²) in [6.07, 6.45) is 0.895. The molecule has 16 heavy (non-hydrogen) atoms. The number of esters is 1. The molecule has 0 fully saturated rings. The van der Waals surface area contributed by atoms with Crippen LogP contribution in [0, 0.1) is 0 Å². The molecule has 1 atom stereocenters. The standard InChI is InChI=1S/C9H17NO5S/c1-4-6-15-9(12)8(11)7-10(5-2)16(3,13)14/h4,8,11H,1,5-7H2,2-3H3/t8-/m0/s1. The fourth-order valence-electron chi connectivity index (χ4n) is 1.00. The molecule has 0 aromatic carbocycles. The molecule has 7 heteroatoms. The molecule has 1 N–H and O–H groups in total. The summed E-state index contributed by atoms with van der Waals surface area (Å²) >= 11 is 0. The van der Waals surface area contributed by atoms with Crippen LogP contribution in [0.2, 0.25) is 0 Å². The minimum absolute atomic E-state index is 0.0130. The normalized spacial score (nSPS) is 13.5. The van der Waals surface area contributed by atoms with Gasteiger partial charge in [0.1, 0.15) is 6.61 Å². The molecule has 0 bridgehead atoms. The summed E-state index contributed by atoms with van der Waals surface area (Å²) in [5.74, 6) is -0.859. The van der Waals surface area contributed by atoms with E-state index in [4.69, 9.17) is 0 Å². The Labute approximate surface area is 95.6 Å². The summed E-state index contributed by atoms with van der Waals surface area (Å²) in [5, 5.41) is 9.39. The van der Waals surface area contributed by atoms with Gasteiger partial charge in [-0.1, -0.05) is 19.6 Å². The Kier molecular flexibility index (Phi) is 6.24. The van der Waals surface area contributed by atoms with Crippen molar-refractivity contribution in [2.75, 3.05) is 26.0 Å². The fraction of sp³-hybridized carbons (Fsp3) is 0.667. The van der Waals surface area contributed by atoms with Crippen LogP contribution >= 0.6 is 0 Å². The van der Waals surface area contributed by atoms with Crippen molar-refractivity contribution >= 4 is 16.0 Å². The van der Waals surface area contributed by atoms with Crippen LogP contribution in [0.5, 0.6) is 0 Å². The van der Waals surface area contributed by atoms with Crippen LogP contribution in [-0.4, -0.2) is 55.9 Å². The smallest absolute Gasteiger partial charge is 0.336 e. The average molecular weight is 251 g/mol. The van der Waals surface area contributed by atoms with Crippen LogP contribution in [0.1, 0.15) is 6.92 Å². The monoisotopic (exact) mass is 251 g/mol. The van der Waals surface area contributed by atoms with Crippen LogP contribution in [0.4, 0.5) is 0 Å². The summed E-state index contributed by atoms with van der Waals surface area (Å²) < 4.78 is 27.9. The van der Waals surface area contributed by atoms with E-state index in [0.29, 0.717) is 0 Å². The van der Waals surface area contributed by atoms with Gasteiger partial charge in [0.2, 0.25) is 10.0 Å². The molecule has 0 aliphatic heterocycles. The first kappa shape index (κ1) is 15.1. The second-order valence-corrected chi connectivity index (χ2v) is 5.13. The zero-order chi connectivity index (χ0) is 12.8. The van der Waals surface area contributed by atoms with Gasteiger partial charge in [-0.15, -0.1) is 0 Å². The van der Waals surface area contributed by atoms with Gasteiger partial charge >= 0.3 is 5.97 Å². The van der Waals surface area contributed by atoms with E-state index in [2.05, 4.69) is 11.3 Å². The first-order chi connectivity index (χ1) is 7.32. The Balaban J connectivity index is 4.36. The highest BCUT2D eigenvalue weighted by Gasteiger charge is 2.24. The van der Waals surface area contributed by atoms with Gasteiger partial charge in [0.25, 0.3) is 0 Å². The summed E-state index contributed by atoms with van der Waals surface area (Å²) in [7, 11) is -3.42. The van der Waals surface area contributed by atoms with E-state index in [-0.39, 0.29) is 19.7 Å². The molecule has 0 amide bonds. The van der Waals surface area contributed by atoms with Gasteiger partial charge in [-0.2, -0.15) is 4.31 Å². The zero-order valence-electron chi connectivity index (χ0n) is 9.42. The van der Waals surface area contributed by atoms with Gasteiger partial charge in [0.05, 0.1) is 12.8 Å². The number of ether oxygens (including phenoxy) is 1. The molecule has 0 spiro atoms. The van der Waals surface area contributed by atoms with Crippen molar-refractivity contribution in [1.82, 2.24) is 4.31 Å². The molecule has 0 aliphatic rings. The molecule has 0 rings (SSSR count). The molecule has 0 aromatic heterocycles. The van der Waals surface area contributed by atoms with E-state index in [1.165, 1.54) is 6.08 Å². The molecule has 0 aromatic rings. The lowest BCUT2D eigenvalue weighted by molar-refractivity contribution is -0.152. The van der Waals surface area contributed by atoms with E-state index in [9.17, 15) is 18.3 Å². The summed E-state index contributed by atoms with van der Waals surface area (Å²) in [5.41, 5.74) is 0. The van der Waals surface area contributed by atoms with Crippen molar-refractivity contribution in [3.63, 3.8) is 0 Å². The molecular formula is C9H17NO5S. The van der Waals surface area contributed by atoms with Crippen molar-refractivity contribution in [3.8, 4) is 0 Å². The third-order valence-corrected chi connectivity index (χ3v) is 3.16. The van der Waals surface area contributed by atoms with Crippen LogP contribution in [0.3, 0.4) is 0 Å². The number of sulfonamides is 1. The third kappa shape index (κ3) is 5.24. The number of hydrogen-bond acceptors (Lipinski definition) is 5. The van der Waals surface area contributed by atoms with Gasteiger partial charge in [0.15, 0.2) is 6.10 Å². The van der Waals surface area contributed by atoms with E-state index in [1.54, 1.807) is 6.92 Å². The van der Waals surface area contributed by atoms with E-state index >= 15 is 0 Å². The number of aliphatic hydroxyl groups is 1. The maximum Gasteiger partial charge on any atom is 0.336 e. The second-order valence-electron chi connectivity index (χ2n) is 3.15. The number of nitrogens with zero attached hydrogens (tertiary/aromatic N) is 1. The van der Waals surface area contributed by atoms with Gasteiger partial charge in [-0.05, 0) is 0 Å². The summed E-state index contributed by atoms with van der Waals surface area (Å²) in [6, 6.07) is 0. The predicted octanol–water partition coefficient (Wildman–Crippen LogP) is -0.642. The van der Waals surface area contributed by atoms with Crippen LogP contribution < -0.4 is 0 Å². The average Bonchev–Trinajstić information content (AvgIpc) is 2.20.